The summed E-state index contributed by atoms with van der Waals surface area (Å²) in [6, 6.07) is 9.84. The summed E-state index contributed by atoms with van der Waals surface area (Å²) in [5, 5.41) is 0. The first kappa shape index (κ1) is 14.0. The van der Waals surface area contributed by atoms with Crippen molar-refractivity contribution in [1.29, 1.82) is 0 Å². The molecule has 0 saturated heterocycles. The maximum absolute atomic E-state index is 12.8. The van der Waals surface area contributed by atoms with Crippen molar-refractivity contribution in [2.75, 3.05) is 5.73 Å². The topological polar surface area (TPSA) is 35.2 Å². The number of para-hydroxylation sites is 1. The Labute approximate surface area is 121 Å². The predicted molar refractivity (Wildman–Crippen MR) is 75.1 cm³/mol. The average Bonchev–Trinajstić information content (AvgIpc) is 2.32. The lowest BCUT2D eigenvalue weighted by molar-refractivity contribution is -0.138. The van der Waals surface area contributed by atoms with Gasteiger partial charge < -0.3 is 10.5 Å². The molecule has 0 amide bonds. The van der Waals surface area contributed by atoms with Crippen molar-refractivity contribution in [3.63, 3.8) is 0 Å². The number of ether oxygens (including phenoxy) is 1. The molecule has 0 spiro atoms. The highest BCUT2D eigenvalue weighted by atomic mass is 127. The van der Waals surface area contributed by atoms with Gasteiger partial charge in [-0.25, -0.2) is 0 Å². The maximum atomic E-state index is 12.8. The van der Waals surface area contributed by atoms with Gasteiger partial charge in [0.25, 0.3) is 0 Å². The van der Waals surface area contributed by atoms with Gasteiger partial charge >= 0.3 is 6.18 Å². The summed E-state index contributed by atoms with van der Waals surface area (Å²) in [4.78, 5) is 0. The van der Waals surface area contributed by atoms with Gasteiger partial charge in [-0.1, -0.05) is 12.1 Å². The lowest BCUT2D eigenvalue weighted by atomic mass is 10.2. The van der Waals surface area contributed by atoms with Crippen LogP contribution in [0.5, 0.6) is 11.5 Å². The van der Waals surface area contributed by atoms with E-state index in [0.29, 0.717) is 15.0 Å². The third-order valence-electron chi connectivity index (χ3n) is 2.37. The molecule has 19 heavy (non-hydrogen) atoms. The third-order valence-corrected chi connectivity index (χ3v) is 3.21. The highest BCUT2D eigenvalue weighted by Gasteiger charge is 2.34. The molecule has 0 heterocycles. The van der Waals surface area contributed by atoms with E-state index in [2.05, 4.69) is 0 Å². The van der Waals surface area contributed by atoms with Crippen LogP contribution < -0.4 is 10.5 Å². The zero-order valence-corrected chi connectivity index (χ0v) is 11.7. The van der Waals surface area contributed by atoms with Gasteiger partial charge in [-0.05, 0) is 52.9 Å². The average molecular weight is 379 g/mol. The van der Waals surface area contributed by atoms with Crippen molar-refractivity contribution in [2.24, 2.45) is 0 Å². The van der Waals surface area contributed by atoms with Crippen LogP contribution in [0.25, 0.3) is 0 Å². The second-order valence-electron chi connectivity index (χ2n) is 3.79. The summed E-state index contributed by atoms with van der Waals surface area (Å²) < 4.78 is 44.4. The molecule has 0 aromatic heterocycles. The molecule has 6 heteroatoms. The van der Waals surface area contributed by atoms with Crippen LogP contribution in [0, 0.1) is 3.57 Å². The molecule has 0 atom stereocenters. The molecule has 0 aliphatic rings. The molecule has 2 rings (SSSR count). The molecule has 0 aliphatic carbocycles. The molecule has 0 saturated carbocycles. The van der Waals surface area contributed by atoms with Crippen LogP contribution in [0.4, 0.5) is 18.9 Å². The summed E-state index contributed by atoms with van der Waals surface area (Å²) >= 11 is 1.96. The minimum absolute atomic E-state index is 0.224. The highest BCUT2D eigenvalue weighted by Crippen LogP contribution is 2.38. The van der Waals surface area contributed by atoms with Crippen LogP contribution >= 0.6 is 22.6 Å². The summed E-state index contributed by atoms with van der Waals surface area (Å²) in [5.74, 6) is 0.115. The number of nitrogens with two attached hydrogens (primary N) is 1. The Balaban J connectivity index is 2.39. The number of hydrogen-bond acceptors (Lipinski definition) is 2. The summed E-state index contributed by atoms with van der Waals surface area (Å²) in [6.07, 6.45) is -4.45. The number of rotatable bonds is 2. The van der Waals surface area contributed by atoms with Gasteiger partial charge in [-0.3, -0.25) is 0 Å². The first-order valence-corrected chi connectivity index (χ1v) is 6.35. The maximum Gasteiger partial charge on any atom is 0.419 e. The number of hydrogen-bond donors (Lipinski definition) is 1. The quantitative estimate of drug-likeness (QED) is 0.607. The minimum atomic E-state index is -4.45. The fraction of sp³-hybridized carbons (Fsp3) is 0.0769. The SMILES string of the molecule is Nc1ccc(Oc2ccccc2C(F)(F)F)c(I)c1. The highest BCUT2D eigenvalue weighted by molar-refractivity contribution is 14.1. The zero-order valence-electron chi connectivity index (χ0n) is 9.54. The van der Waals surface area contributed by atoms with Gasteiger partial charge in [-0.2, -0.15) is 13.2 Å². The van der Waals surface area contributed by atoms with E-state index in [1.165, 1.54) is 18.2 Å². The molecule has 0 radical (unpaired) electrons. The first-order chi connectivity index (χ1) is 8.88. The first-order valence-electron chi connectivity index (χ1n) is 5.27. The monoisotopic (exact) mass is 379 g/mol. The largest absolute Gasteiger partial charge is 0.456 e. The number of nitrogen functional groups attached to an aromatic ring is 1. The van der Waals surface area contributed by atoms with Crippen LogP contribution in [-0.4, -0.2) is 0 Å². The van der Waals surface area contributed by atoms with Gasteiger partial charge in [0.1, 0.15) is 11.5 Å². The molecule has 0 unspecified atom stereocenters. The molecule has 0 bridgehead atoms. The van der Waals surface area contributed by atoms with Gasteiger partial charge in [0.05, 0.1) is 9.13 Å². The Hall–Kier alpha value is -1.44. The van der Waals surface area contributed by atoms with E-state index in [9.17, 15) is 13.2 Å². The second kappa shape index (κ2) is 5.28. The van der Waals surface area contributed by atoms with E-state index in [4.69, 9.17) is 10.5 Å². The molecular formula is C13H9F3INO. The molecule has 2 nitrogen and oxygen atoms in total. The summed E-state index contributed by atoms with van der Waals surface area (Å²) in [5.41, 5.74) is 5.31. The van der Waals surface area contributed by atoms with Crippen LogP contribution in [0.15, 0.2) is 42.5 Å². The normalized spacial score (nSPS) is 11.4. The van der Waals surface area contributed by atoms with Crippen molar-refractivity contribution >= 4 is 28.3 Å². The van der Waals surface area contributed by atoms with Gasteiger partial charge in [0.2, 0.25) is 0 Å². The Kier molecular flexibility index (Phi) is 3.88. The molecular weight excluding hydrogens is 370 g/mol. The predicted octanol–water partition coefficient (Wildman–Crippen LogP) is 4.68. The molecule has 2 aromatic carbocycles. The Morgan fingerprint density at radius 3 is 2.32 bits per heavy atom. The lowest BCUT2D eigenvalue weighted by Gasteiger charge is -2.14. The van der Waals surface area contributed by atoms with E-state index >= 15 is 0 Å². The Morgan fingerprint density at radius 2 is 1.68 bits per heavy atom. The molecule has 2 N–H and O–H groups in total. The summed E-state index contributed by atoms with van der Waals surface area (Å²) in [6.45, 7) is 0. The van der Waals surface area contributed by atoms with Crippen molar-refractivity contribution in [2.45, 2.75) is 6.18 Å². The molecule has 2 aromatic rings. The van der Waals surface area contributed by atoms with E-state index in [1.54, 1.807) is 18.2 Å². The lowest BCUT2D eigenvalue weighted by Crippen LogP contribution is -2.07. The third kappa shape index (κ3) is 3.31. The number of anilines is 1. The van der Waals surface area contributed by atoms with Crippen LogP contribution in [0.2, 0.25) is 0 Å². The van der Waals surface area contributed by atoms with E-state index in [0.717, 1.165) is 6.07 Å². The fourth-order valence-electron chi connectivity index (χ4n) is 1.51. The van der Waals surface area contributed by atoms with Crippen molar-refractivity contribution in [3.05, 3.63) is 51.6 Å². The minimum Gasteiger partial charge on any atom is -0.456 e. The van der Waals surface area contributed by atoms with Gasteiger partial charge in [-0.15, -0.1) is 0 Å². The fourth-order valence-corrected chi connectivity index (χ4v) is 2.16. The molecule has 100 valence electrons. The standard InChI is InChI=1S/C13H9F3INO/c14-13(15,16)9-3-1-2-4-11(9)19-12-6-5-8(18)7-10(12)17/h1-7H,18H2. The van der Waals surface area contributed by atoms with Gasteiger partial charge in [0, 0.05) is 5.69 Å². The van der Waals surface area contributed by atoms with Crippen LogP contribution in [0.3, 0.4) is 0 Å². The number of benzene rings is 2. The second-order valence-corrected chi connectivity index (χ2v) is 4.95. The summed E-state index contributed by atoms with van der Waals surface area (Å²) in [7, 11) is 0. The Bertz CT molecular complexity index is 599. The molecule has 0 fully saturated rings. The van der Waals surface area contributed by atoms with Crippen molar-refractivity contribution in [3.8, 4) is 11.5 Å². The van der Waals surface area contributed by atoms with Gasteiger partial charge in [0.15, 0.2) is 0 Å². The van der Waals surface area contributed by atoms with Crippen molar-refractivity contribution in [1.82, 2.24) is 0 Å². The zero-order chi connectivity index (χ0) is 14.0. The van der Waals surface area contributed by atoms with E-state index in [-0.39, 0.29) is 5.75 Å². The van der Waals surface area contributed by atoms with Crippen LogP contribution in [-0.2, 0) is 6.18 Å². The number of alkyl halides is 3. The molecule has 0 aliphatic heterocycles. The van der Waals surface area contributed by atoms with Crippen molar-refractivity contribution < 1.29 is 17.9 Å². The van der Waals surface area contributed by atoms with E-state index in [1.807, 2.05) is 22.6 Å². The number of halogens is 4. The Morgan fingerprint density at radius 1 is 1.00 bits per heavy atom. The van der Waals surface area contributed by atoms with Crippen LogP contribution in [0.1, 0.15) is 5.56 Å². The van der Waals surface area contributed by atoms with E-state index < -0.39 is 11.7 Å². The smallest absolute Gasteiger partial charge is 0.419 e.